The fourth-order valence-electron chi connectivity index (χ4n) is 1.97. The highest BCUT2D eigenvalue weighted by molar-refractivity contribution is 5.29. The highest BCUT2D eigenvalue weighted by Gasteiger charge is 2.09. The van der Waals surface area contributed by atoms with Crippen LogP contribution in [-0.4, -0.2) is 7.11 Å². The van der Waals surface area contributed by atoms with E-state index < -0.39 is 0 Å². The summed E-state index contributed by atoms with van der Waals surface area (Å²) in [5.74, 6) is 1.70. The van der Waals surface area contributed by atoms with Gasteiger partial charge in [-0.1, -0.05) is 24.3 Å². The van der Waals surface area contributed by atoms with E-state index in [1.54, 1.807) is 7.11 Å². The average Bonchev–Trinajstić information content (AvgIpc) is 2.71. The molecule has 1 atom stereocenters. The summed E-state index contributed by atoms with van der Waals surface area (Å²) in [6.07, 6.45) is 8.31. The molecule has 74 valence electrons. The molecule has 1 aliphatic rings. The zero-order chi connectivity index (χ0) is 9.80. The quantitative estimate of drug-likeness (QED) is 0.662. The lowest BCUT2D eigenvalue weighted by Gasteiger charge is -2.08. The van der Waals surface area contributed by atoms with Crippen molar-refractivity contribution in [1.82, 2.24) is 0 Å². The Hall–Kier alpha value is -1.24. The molecular weight excluding hydrogens is 172 g/mol. The van der Waals surface area contributed by atoms with E-state index in [1.807, 2.05) is 6.07 Å². The molecule has 0 fully saturated rings. The van der Waals surface area contributed by atoms with Gasteiger partial charge in [0.25, 0.3) is 0 Å². The molecule has 1 nitrogen and oxygen atoms in total. The van der Waals surface area contributed by atoms with Gasteiger partial charge in [0.1, 0.15) is 5.75 Å². The van der Waals surface area contributed by atoms with Gasteiger partial charge < -0.3 is 4.74 Å². The molecule has 0 radical (unpaired) electrons. The van der Waals surface area contributed by atoms with Gasteiger partial charge in [-0.25, -0.2) is 0 Å². The number of methoxy groups -OCH3 is 1. The normalized spacial score (nSPS) is 19.9. The lowest BCUT2D eigenvalue weighted by atomic mass is 9.99. The Morgan fingerprint density at radius 2 is 2.36 bits per heavy atom. The molecule has 1 heteroatoms. The van der Waals surface area contributed by atoms with Gasteiger partial charge in [0.15, 0.2) is 0 Å². The molecule has 0 heterocycles. The minimum absolute atomic E-state index is 0.738. The highest BCUT2D eigenvalue weighted by atomic mass is 16.5. The maximum atomic E-state index is 5.20. The summed E-state index contributed by atoms with van der Waals surface area (Å²) < 4.78 is 5.20. The maximum Gasteiger partial charge on any atom is 0.119 e. The van der Waals surface area contributed by atoms with Crippen LogP contribution in [-0.2, 0) is 6.42 Å². The first-order valence-corrected chi connectivity index (χ1v) is 5.18. The van der Waals surface area contributed by atoms with Crippen molar-refractivity contribution in [2.24, 2.45) is 5.92 Å². The van der Waals surface area contributed by atoms with Gasteiger partial charge in [-0.2, -0.15) is 0 Å². The molecule has 14 heavy (non-hydrogen) atoms. The van der Waals surface area contributed by atoms with Gasteiger partial charge in [-0.05, 0) is 42.9 Å². The van der Waals surface area contributed by atoms with E-state index in [-0.39, 0.29) is 0 Å². The molecule has 0 bridgehead atoms. The van der Waals surface area contributed by atoms with E-state index in [0.29, 0.717) is 0 Å². The Labute approximate surface area is 85.4 Å². The number of ether oxygens (including phenoxy) is 1. The van der Waals surface area contributed by atoms with Crippen LogP contribution in [0, 0.1) is 5.92 Å². The van der Waals surface area contributed by atoms with Crippen LogP contribution in [0.5, 0.6) is 5.75 Å². The van der Waals surface area contributed by atoms with E-state index in [0.717, 1.165) is 18.1 Å². The predicted octanol–water partition coefficient (Wildman–Crippen LogP) is 3.20. The van der Waals surface area contributed by atoms with E-state index in [2.05, 4.69) is 30.4 Å². The Balaban J connectivity index is 2.04. The van der Waals surface area contributed by atoms with Crippen LogP contribution in [0.2, 0.25) is 0 Å². The van der Waals surface area contributed by atoms with Crippen molar-refractivity contribution in [3.05, 3.63) is 42.0 Å². The molecule has 0 N–H and O–H groups in total. The monoisotopic (exact) mass is 188 g/mol. The topological polar surface area (TPSA) is 9.23 Å². The van der Waals surface area contributed by atoms with Gasteiger partial charge in [-0.3, -0.25) is 0 Å². The lowest BCUT2D eigenvalue weighted by molar-refractivity contribution is 0.414. The molecule has 0 amide bonds. The lowest BCUT2D eigenvalue weighted by Crippen LogP contribution is -1.97. The summed E-state index contributed by atoms with van der Waals surface area (Å²) in [5.41, 5.74) is 1.38. The van der Waals surface area contributed by atoms with Crippen molar-refractivity contribution >= 4 is 0 Å². The fourth-order valence-corrected chi connectivity index (χ4v) is 1.97. The molecule has 1 aromatic rings. The molecule has 0 spiro atoms. The van der Waals surface area contributed by atoms with E-state index >= 15 is 0 Å². The third kappa shape index (κ3) is 2.16. The van der Waals surface area contributed by atoms with Crippen molar-refractivity contribution in [1.29, 1.82) is 0 Å². The van der Waals surface area contributed by atoms with Crippen LogP contribution in [0.25, 0.3) is 0 Å². The second-order valence-electron chi connectivity index (χ2n) is 3.82. The van der Waals surface area contributed by atoms with Gasteiger partial charge in [-0.15, -0.1) is 0 Å². The van der Waals surface area contributed by atoms with Gasteiger partial charge in [0, 0.05) is 0 Å². The van der Waals surface area contributed by atoms with Crippen molar-refractivity contribution in [2.45, 2.75) is 19.3 Å². The fraction of sp³-hybridized carbons (Fsp3) is 0.385. The summed E-state index contributed by atoms with van der Waals surface area (Å²) in [7, 11) is 1.72. The van der Waals surface area contributed by atoms with Crippen molar-refractivity contribution < 1.29 is 4.74 Å². The average molecular weight is 188 g/mol. The van der Waals surface area contributed by atoms with E-state index in [9.17, 15) is 0 Å². The van der Waals surface area contributed by atoms with Crippen LogP contribution in [0.3, 0.4) is 0 Å². The summed E-state index contributed by atoms with van der Waals surface area (Å²) in [6, 6.07) is 8.36. The van der Waals surface area contributed by atoms with Crippen LogP contribution in [0.1, 0.15) is 18.4 Å². The number of rotatable bonds is 3. The third-order valence-corrected chi connectivity index (χ3v) is 2.74. The van der Waals surface area contributed by atoms with E-state index in [1.165, 1.54) is 18.4 Å². The van der Waals surface area contributed by atoms with Crippen molar-refractivity contribution in [3.63, 3.8) is 0 Å². The molecular formula is C13H16O. The molecule has 1 aliphatic carbocycles. The predicted molar refractivity (Wildman–Crippen MR) is 58.6 cm³/mol. The SMILES string of the molecule is COc1cccc(C[C@H]2C=CCC2)c1. The summed E-state index contributed by atoms with van der Waals surface area (Å²) in [6.45, 7) is 0. The number of benzene rings is 1. The first-order chi connectivity index (χ1) is 6.88. The number of hydrogen-bond donors (Lipinski definition) is 0. The zero-order valence-corrected chi connectivity index (χ0v) is 8.57. The first-order valence-electron chi connectivity index (χ1n) is 5.18. The highest BCUT2D eigenvalue weighted by Crippen LogP contribution is 2.23. The minimum atomic E-state index is 0.738. The second kappa shape index (κ2) is 4.32. The van der Waals surface area contributed by atoms with Crippen LogP contribution < -0.4 is 4.74 Å². The summed E-state index contributed by atoms with van der Waals surface area (Å²) >= 11 is 0. The standard InChI is InChI=1S/C13H16O/c1-14-13-8-4-7-12(10-13)9-11-5-2-3-6-11/h2,4-5,7-8,10-11H,3,6,9H2,1H3/t11-/m0/s1. The Morgan fingerprint density at radius 3 is 3.07 bits per heavy atom. The van der Waals surface area contributed by atoms with Gasteiger partial charge in [0.2, 0.25) is 0 Å². The molecule has 0 aliphatic heterocycles. The molecule has 0 saturated heterocycles. The Morgan fingerprint density at radius 1 is 1.43 bits per heavy atom. The first kappa shape index (κ1) is 9.32. The summed E-state index contributed by atoms with van der Waals surface area (Å²) in [4.78, 5) is 0. The summed E-state index contributed by atoms with van der Waals surface area (Å²) in [5, 5.41) is 0. The van der Waals surface area contributed by atoms with Crippen LogP contribution in [0.15, 0.2) is 36.4 Å². The Bertz CT molecular complexity index is 328. The van der Waals surface area contributed by atoms with Crippen LogP contribution in [0.4, 0.5) is 0 Å². The smallest absolute Gasteiger partial charge is 0.119 e. The third-order valence-electron chi connectivity index (χ3n) is 2.74. The maximum absolute atomic E-state index is 5.20. The minimum Gasteiger partial charge on any atom is -0.497 e. The molecule has 2 rings (SSSR count). The molecule has 0 aromatic heterocycles. The zero-order valence-electron chi connectivity index (χ0n) is 8.57. The van der Waals surface area contributed by atoms with Crippen LogP contribution >= 0.6 is 0 Å². The molecule has 0 saturated carbocycles. The molecule has 1 aromatic carbocycles. The molecule has 0 unspecified atom stereocenters. The van der Waals surface area contributed by atoms with Gasteiger partial charge >= 0.3 is 0 Å². The largest absolute Gasteiger partial charge is 0.497 e. The van der Waals surface area contributed by atoms with Gasteiger partial charge in [0.05, 0.1) is 7.11 Å². The van der Waals surface area contributed by atoms with E-state index in [4.69, 9.17) is 4.74 Å². The Kier molecular flexibility index (Phi) is 2.87. The number of hydrogen-bond acceptors (Lipinski definition) is 1. The second-order valence-corrected chi connectivity index (χ2v) is 3.82. The van der Waals surface area contributed by atoms with Crippen molar-refractivity contribution in [2.75, 3.05) is 7.11 Å². The van der Waals surface area contributed by atoms with Crippen molar-refractivity contribution in [3.8, 4) is 5.75 Å². The number of allylic oxidation sites excluding steroid dienone is 2.